The maximum atomic E-state index is 4.47. The first kappa shape index (κ1) is 11.6. The average Bonchev–Trinajstić information content (AvgIpc) is 2.35. The predicted molar refractivity (Wildman–Crippen MR) is 73.1 cm³/mol. The van der Waals surface area contributed by atoms with Gasteiger partial charge in [-0.05, 0) is 30.9 Å². The third-order valence-corrected chi connectivity index (χ3v) is 3.99. The zero-order chi connectivity index (χ0) is 11.4. The van der Waals surface area contributed by atoms with E-state index in [9.17, 15) is 0 Å². The minimum absolute atomic E-state index is 0.617. The van der Waals surface area contributed by atoms with Crippen LogP contribution in [0.4, 0.5) is 0 Å². The number of hydrogen-bond acceptors (Lipinski definition) is 1. The molecule has 1 atom stereocenters. The molecule has 1 nitrogen and oxygen atoms in total. The summed E-state index contributed by atoms with van der Waals surface area (Å²) < 4.78 is 0. The number of pyridine rings is 1. The molecule has 1 unspecified atom stereocenters. The number of hydrogen-bond donors (Lipinski definition) is 0. The van der Waals surface area contributed by atoms with Gasteiger partial charge in [0.15, 0.2) is 0 Å². The van der Waals surface area contributed by atoms with Crippen molar-refractivity contribution in [3.63, 3.8) is 0 Å². The molecule has 2 aromatic rings. The minimum Gasteiger partial charge on any atom is -0.256 e. The SMILES string of the molecule is CCC(Br)CCc1cccc2cccnc12. The molecule has 2 rings (SSSR count). The number of benzene rings is 1. The van der Waals surface area contributed by atoms with E-state index in [4.69, 9.17) is 0 Å². The summed E-state index contributed by atoms with van der Waals surface area (Å²) in [5.74, 6) is 0. The van der Waals surface area contributed by atoms with Gasteiger partial charge >= 0.3 is 0 Å². The van der Waals surface area contributed by atoms with Crippen molar-refractivity contribution in [1.29, 1.82) is 0 Å². The minimum atomic E-state index is 0.617. The van der Waals surface area contributed by atoms with Gasteiger partial charge in [0.1, 0.15) is 0 Å². The van der Waals surface area contributed by atoms with Crippen LogP contribution in [0.5, 0.6) is 0 Å². The standard InChI is InChI=1S/C14H16BrN/c1-2-13(15)9-8-12-6-3-5-11-7-4-10-16-14(11)12/h3-7,10,13H,2,8-9H2,1H3. The van der Waals surface area contributed by atoms with Crippen LogP contribution in [0.1, 0.15) is 25.3 Å². The second kappa shape index (κ2) is 5.44. The second-order valence-electron chi connectivity index (χ2n) is 4.04. The molecule has 1 aromatic heterocycles. The molecule has 1 aromatic carbocycles. The van der Waals surface area contributed by atoms with Crippen molar-refractivity contribution in [3.8, 4) is 0 Å². The third kappa shape index (κ3) is 2.62. The lowest BCUT2D eigenvalue weighted by Crippen LogP contribution is -1.99. The molecule has 0 saturated heterocycles. The molecule has 0 aliphatic rings. The lowest BCUT2D eigenvalue weighted by Gasteiger charge is -2.08. The van der Waals surface area contributed by atoms with Crippen molar-refractivity contribution >= 4 is 26.8 Å². The van der Waals surface area contributed by atoms with Crippen molar-refractivity contribution in [2.45, 2.75) is 31.0 Å². The van der Waals surface area contributed by atoms with E-state index in [1.807, 2.05) is 12.3 Å². The fraction of sp³-hybridized carbons (Fsp3) is 0.357. The summed E-state index contributed by atoms with van der Waals surface area (Å²) in [5.41, 5.74) is 2.51. The lowest BCUT2D eigenvalue weighted by atomic mass is 10.0. The molecule has 0 N–H and O–H groups in total. The van der Waals surface area contributed by atoms with Gasteiger partial charge in [0, 0.05) is 16.4 Å². The number of para-hydroxylation sites is 1. The Kier molecular flexibility index (Phi) is 3.94. The molecular weight excluding hydrogens is 262 g/mol. The van der Waals surface area contributed by atoms with Crippen molar-refractivity contribution in [2.75, 3.05) is 0 Å². The highest BCUT2D eigenvalue weighted by molar-refractivity contribution is 9.09. The van der Waals surface area contributed by atoms with Crippen LogP contribution in [0.15, 0.2) is 36.5 Å². The Bertz CT molecular complexity index is 462. The number of nitrogens with zero attached hydrogens (tertiary/aromatic N) is 1. The Morgan fingerprint density at radius 3 is 2.88 bits per heavy atom. The molecule has 0 fully saturated rings. The molecule has 0 amide bonds. The van der Waals surface area contributed by atoms with Crippen LogP contribution < -0.4 is 0 Å². The summed E-state index contributed by atoms with van der Waals surface area (Å²) >= 11 is 3.68. The van der Waals surface area contributed by atoms with Crippen LogP contribution in [-0.2, 0) is 6.42 Å². The number of rotatable bonds is 4. The van der Waals surface area contributed by atoms with E-state index < -0.39 is 0 Å². The number of halogens is 1. The third-order valence-electron chi connectivity index (χ3n) is 2.89. The molecule has 0 aliphatic heterocycles. The highest BCUT2D eigenvalue weighted by Gasteiger charge is 2.05. The van der Waals surface area contributed by atoms with Gasteiger partial charge in [-0.25, -0.2) is 0 Å². The summed E-state index contributed by atoms with van der Waals surface area (Å²) in [6.45, 7) is 2.21. The van der Waals surface area contributed by atoms with E-state index in [0.717, 1.165) is 11.9 Å². The highest BCUT2D eigenvalue weighted by atomic mass is 79.9. The molecular formula is C14H16BrN. The smallest absolute Gasteiger partial charge is 0.0733 e. The largest absolute Gasteiger partial charge is 0.256 e. The summed E-state index contributed by atoms with van der Waals surface area (Å²) in [4.78, 5) is 5.09. The van der Waals surface area contributed by atoms with Crippen LogP contribution in [0.3, 0.4) is 0 Å². The van der Waals surface area contributed by atoms with Gasteiger partial charge in [0.25, 0.3) is 0 Å². The van der Waals surface area contributed by atoms with Crippen molar-refractivity contribution in [2.24, 2.45) is 0 Å². The topological polar surface area (TPSA) is 12.9 Å². The zero-order valence-corrected chi connectivity index (χ0v) is 11.1. The monoisotopic (exact) mass is 277 g/mol. The van der Waals surface area contributed by atoms with Gasteiger partial charge < -0.3 is 0 Å². The molecule has 0 radical (unpaired) electrons. The van der Waals surface area contributed by atoms with Gasteiger partial charge in [-0.1, -0.05) is 47.1 Å². The van der Waals surface area contributed by atoms with Gasteiger partial charge in [-0.2, -0.15) is 0 Å². The van der Waals surface area contributed by atoms with Crippen molar-refractivity contribution in [3.05, 3.63) is 42.1 Å². The normalized spacial score (nSPS) is 12.9. The van der Waals surface area contributed by atoms with E-state index in [0.29, 0.717) is 4.83 Å². The summed E-state index contributed by atoms with van der Waals surface area (Å²) in [6, 6.07) is 10.5. The molecule has 16 heavy (non-hydrogen) atoms. The lowest BCUT2D eigenvalue weighted by molar-refractivity contribution is 0.748. The highest BCUT2D eigenvalue weighted by Crippen LogP contribution is 2.20. The van der Waals surface area contributed by atoms with Crippen LogP contribution >= 0.6 is 15.9 Å². The van der Waals surface area contributed by atoms with E-state index in [1.165, 1.54) is 23.8 Å². The van der Waals surface area contributed by atoms with Gasteiger partial charge in [0.2, 0.25) is 0 Å². The molecule has 0 spiro atoms. The molecule has 0 saturated carbocycles. The Morgan fingerprint density at radius 1 is 1.25 bits per heavy atom. The quantitative estimate of drug-likeness (QED) is 0.758. The Labute approximate surface area is 105 Å². The molecule has 0 bridgehead atoms. The van der Waals surface area contributed by atoms with Gasteiger partial charge in [-0.3, -0.25) is 4.98 Å². The van der Waals surface area contributed by atoms with Gasteiger partial charge in [-0.15, -0.1) is 0 Å². The number of aryl methyl sites for hydroxylation is 1. The van der Waals surface area contributed by atoms with Crippen molar-refractivity contribution < 1.29 is 0 Å². The summed E-state index contributed by atoms with van der Waals surface area (Å²) in [7, 11) is 0. The second-order valence-corrected chi connectivity index (χ2v) is 5.33. The maximum Gasteiger partial charge on any atom is 0.0733 e. The van der Waals surface area contributed by atoms with Crippen LogP contribution in [0.25, 0.3) is 10.9 Å². The van der Waals surface area contributed by atoms with Crippen LogP contribution in [0, 0.1) is 0 Å². The number of alkyl halides is 1. The fourth-order valence-electron chi connectivity index (χ4n) is 1.89. The van der Waals surface area contributed by atoms with Gasteiger partial charge in [0.05, 0.1) is 5.52 Å². The van der Waals surface area contributed by atoms with E-state index in [-0.39, 0.29) is 0 Å². The summed E-state index contributed by atoms with van der Waals surface area (Å²) in [6.07, 6.45) is 5.32. The molecule has 84 valence electrons. The number of fused-ring (bicyclic) bond motifs is 1. The Balaban J connectivity index is 2.23. The first-order chi connectivity index (χ1) is 7.81. The Hall–Kier alpha value is -0.890. The maximum absolute atomic E-state index is 4.47. The first-order valence-electron chi connectivity index (χ1n) is 5.78. The van der Waals surface area contributed by atoms with Crippen LogP contribution in [-0.4, -0.2) is 9.81 Å². The molecule has 1 heterocycles. The van der Waals surface area contributed by atoms with Crippen LogP contribution in [0.2, 0.25) is 0 Å². The summed E-state index contributed by atoms with van der Waals surface area (Å²) in [5, 5.41) is 1.24. The zero-order valence-electron chi connectivity index (χ0n) is 9.49. The van der Waals surface area contributed by atoms with E-state index in [1.54, 1.807) is 0 Å². The molecule has 2 heteroatoms. The van der Waals surface area contributed by atoms with E-state index >= 15 is 0 Å². The first-order valence-corrected chi connectivity index (χ1v) is 6.69. The average molecular weight is 278 g/mol. The predicted octanol–water partition coefficient (Wildman–Crippen LogP) is 4.34. The molecule has 0 aliphatic carbocycles. The van der Waals surface area contributed by atoms with E-state index in [2.05, 4.69) is 52.1 Å². The number of aromatic nitrogens is 1. The van der Waals surface area contributed by atoms with Crippen molar-refractivity contribution in [1.82, 2.24) is 4.98 Å². The fourth-order valence-corrected chi connectivity index (χ4v) is 2.11. The Morgan fingerprint density at radius 2 is 2.06 bits per heavy atom.